The molecule has 0 spiro atoms. The van der Waals surface area contributed by atoms with Crippen LogP contribution >= 0.6 is 46.7 Å². The quantitative estimate of drug-likeness (QED) is 0.411. The van der Waals surface area contributed by atoms with Gasteiger partial charge in [-0.1, -0.05) is 67.4 Å². The van der Waals surface area contributed by atoms with Crippen LogP contribution in [0.5, 0.6) is 0 Å². The number of allylic oxidation sites excluding steroid dienone is 2. The second-order valence-electron chi connectivity index (χ2n) is 5.28. The molecule has 0 fully saturated rings. The van der Waals surface area contributed by atoms with Crippen molar-refractivity contribution in [1.82, 2.24) is 0 Å². The highest BCUT2D eigenvalue weighted by Crippen LogP contribution is 2.37. The first-order chi connectivity index (χ1) is 12.5. The summed E-state index contributed by atoms with van der Waals surface area (Å²) in [4.78, 5) is 13.0. The topological polar surface area (TPSA) is 17.1 Å². The second-order valence-corrected chi connectivity index (χ2v) is 8.96. The molecule has 0 N–H and O–H groups in total. The maximum atomic E-state index is 13.0. The summed E-state index contributed by atoms with van der Waals surface area (Å²) < 4.78 is 1.04. The average Bonchev–Trinajstić information content (AvgIpc) is 2.63. The van der Waals surface area contributed by atoms with Crippen molar-refractivity contribution in [1.29, 1.82) is 0 Å². The fourth-order valence-electron chi connectivity index (χ4n) is 2.25. The highest BCUT2D eigenvalue weighted by atomic mass is 35.5. The predicted octanol–water partition coefficient (Wildman–Crippen LogP) is 7.45. The lowest BCUT2D eigenvalue weighted by Crippen LogP contribution is -2.01. The third-order valence-electron chi connectivity index (χ3n) is 3.43. The molecule has 0 aliphatic heterocycles. The maximum Gasteiger partial charge on any atom is 0.188 e. The lowest BCUT2D eigenvalue weighted by Gasteiger charge is -2.12. The monoisotopic (exact) mass is 422 g/mol. The maximum absolute atomic E-state index is 13.0. The van der Waals surface area contributed by atoms with Crippen molar-refractivity contribution in [2.24, 2.45) is 0 Å². The van der Waals surface area contributed by atoms with E-state index >= 15 is 0 Å². The van der Waals surface area contributed by atoms with Gasteiger partial charge in [-0.15, -0.1) is 23.5 Å². The molecule has 0 amide bonds. The van der Waals surface area contributed by atoms with Gasteiger partial charge in [-0.05, 0) is 53.0 Å². The highest BCUT2D eigenvalue weighted by molar-refractivity contribution is 8.22. The summed E-state index contributed by atoms with van der Waals surface area (Å²) in [6.45, 7) is 4.18. The fourth-order valence-corrected chi connectivity index (χ4v) is 4.80. The number of halogens is 2. The van der Waals surface area contributed by atoms with Crippen LogP contribution in [0.15, 0.2) is 58.8 Å². The Kier molecular flexibility index (Phi) is 8.86. The van der Waals surface area contributed by atoms with Crippen LogP contribution in [0.1, 0.15) is 25.0 Å². The molecule has 0 saturated carbocycles. The first-order valence-electron chi connectivity index (χ1n) is 8.29. The third-order valence-corrected chi connectivity index (χ3v) is 6.15. The molecular weight excluding hydrogens is 403 g/mol. The van der Waals surface area contributed by atoms with Crippen LogP contribution in [0, 0.1) is 0 Å². The van der Waals surface area contributed by atoms with Gasteiger partial charge in [0, 0.05) is 15.6 Å². The van der Waals surface area contributed by atoms with Crippen LogP contribution < -0.4 is 0 Å². The van der Waals surface area contributed by atoms with Gasteiger partial charge in [0.25, 0.3) is 0 Å². The number of rotatable bonds is 8. The predicted molar refractivity (Wildman–Crippen MR) is 120 cm³/mol. The van der Waals surface area contributed by atoms with Crippen LogP contribution in [0.4, 0.5) is 0 Å². The Bertz CT molecular complexity index is 786. The molecule has 0 aliphatic carbocycles. The van der Waals surface area contributed by atoms with Gasteiger partial charge in [0.1, 0.15) is 0 Å². The standard InChI is InChI=1S/C21H20Cl2OS2/c1-3-25-21(26-4-2)20(16-8-12-18(23)13-9-16)19(24)14-7-15-5-10-17(22)11-6-15/h5-14H,3-4H2,1-2H3/b14-7+. The minimum atomic E-state index is -0.0147. The number of benzene rings is 2. The summed E-state index contributed by atoms with van der Waals surface area (Å²) in [5, 5.41) is 1.33. The zero-order valence-electron chi connectivity index (χ0n) is 14.7. The summed E-state index contributed by atoms with van der Waals surface area (Å²) in [6, 6.07) is 14.8. The molecule has 0 heterocycles. The second kappa shape index (κ2) is 10.9. The summed E-state index contributed by atoms with van der Waals surface area (Å²) in [7, 11) is 0. The van der Waals surface area contributed by atoms with Gasteiger partial charge in [-0.3, -0.25) is 4.79 Å². The zero-order chi connectivity index (χ0) is 18.9. The van der Waals surface area contributed by atoms with E-state index in [1.807, 2.05) is 54.6 Å². The molecular formula is C21H20Cl2OS2. The normalized spacial score (nSPS) is 10.9. The lowest BCUT2D eigenvalue weighted by molar-refractivity contribution is -0.109. The van der Waals surface area contributed by atoms with E-state index in [-0.39, 0.29) is 5.78 Å². The van der Waals surface area contributed by atoms with Crippen LogP contribution in [-0.4, -0.2) is 17.3 Å². The van der Waals surface area contributed by atoms with Crippen LogP contribution in [-0.2, 0) is 4.79 Å². The zero-order valence-corrected chi connectivity index (χ0v) is 17.8. The highest BCUT2D eigenvalue weighted by Gasteiger charge is 2.16. The number of hydrogen-bond acceptors (Lipinski definition) is 3. The Morgan fingerprint density at radius 1 is 0.885 bits per heavy atom. The van der Waals surface area contributed by atoms with E-state index in [4.69, 9.17) is 23.2 Å². The van der Waals surface area contributed by atoms with Crippen molar-refractivity contribution >= 4 is 64.2 Å². The van der Waals surface area contributed by atoms with Gasteiger partial charge in [0.05, 0.1) is 4.24 Å². The van der Waals surface area contributed by atoms with Crippen molar-refractivity contribution < 1.29 is 4.79 Å². The molecule has 26 heavy (non-hydrogen) atoms. The first-order valence-corrected chi connectivity index (χ1v) is 11.0. The van der Waals surface area contributed by atoms with Gasteiger partial charge >= 0.3 is 0 Å². The first kappa shape index (κ1) is 21.2. The van der Waals surface area contributed by atoms with Crippen LogP contribution in [0.2, 0.25) is 10.0 Å². The Balaban J connectivity index is 2.41. The van der Waals surface area contributed by atoms with Crippen LogP contribution in [0.3, 0.4) is 0 Å². The number of ketones is 1. The van der Waals surface area contributed by atoms with E-state index in [9.17, 15) is 4.79 Å². The molecule has 1 nitrogen and oxygen atoms in total. The number of carbonyl (C=O) groups is 1. The van der Waals surface area contributed by atoms with E-state index < -0.39 is 0 Å². The number of hydrogen-bond donors (Lipinski definition) is 0. The Morgan fingerprint density at radius 2 is 1.38 bits per heavy atom. The summed E-state index contributed by atoms with van der Waals surface area (Å²) in [6.07, 6.45) is 3.44. The molecule has 2 rings (SSSR count). The molecule has 5 heteroatoms. The summed E-state index contributed by atoms with van der Waals surface area (Å²) >= 11 is 15.3. The number of carbonyl (C=O) groups excluding carboxylic acids is 1. The van der Waals surface area contributed by atoms with Crippen LogP contribution in [0.25, 0.3) is 11.6 Å². The van der Waals surface area contributed by atoms with Gasteiger partial charge in [0.15, 0.2) is 5.78 Å². The van der Waals surface area contributed by atoms with E-state index in [1.165, 1.54) is 0 Å². The average molecular weight is 423 g/mol. The van der Waals surface area contributed by atoms with Crippen molar-refractivity contribution in [3.05, 3.63) is 80.0 Å². The third kappa shape index (κ3) is 6.24. The molecule has 0 radical (unpaired) electrons. The smallest absolute Gasteiger partial charge is 0.188 e. The van der Waals surface area contributed by atoms with E-state index in [0.717, 1.165) is 32.4 Å². The largest absolute Gasteiger partial charge is 0.289 e. The van der Waals surface area contributed by atoms with E-state index in [1.54, 1.807) is 29.6 Å². The molecule has 2 aromatic rings. The van der Waals surface area contributed by atoms with Gasteiger partial charge < -0.3 is 0 Å². The van der Waals surface area contributed by atoms with E-state index in [0.29, 0.717) is 10.0 Å². The van der Waals surface area contributed by atoms with E-state index in [2.05, 4.69) is 13.8 Å². The molecule has 0 saturated heterocycles. The molecule has 0 unspecified atom stereocenters. The Morgan fingerprint density at radius 3 is 1.88 bits per heavy atom. The summed E-state index contributed by atoms with van der Waals surface area (Å²) in [5.41, 5.74) is 2.55. The molecule has 0 aliphatic rings. The minimum Gasteiger partial charge on any atom is -0.289 e. The van der Waals surface area contributed by atoms with Gasteiger partial charge in [-0.25, -0.2) is 0 Å². The van der Waals surface area contributed by atoms with Crippen molar-refractivity contribution in [2.75, 3.05) is 11.5 Å². The number of thioether (sulfide) groups is 2. The molecule has 136 valence electrons. The van der Waals surface area contributed by atoms with Crippen molar-refractivity contribution in [2.45, 2.75) is 13.8 Å². The van der Waals surface area contributed by atoms with Crippen molar-refractivity contribution in [3.8, 4) is 0 Å². The van der Waals surface area contributed by atoms with Crippen molar-refractivity contribution in [3.63, 3.8) is 0 Å². The molecule has 0 aromatic heterocycles. The molecule has 0 bridgehead atoms. The SMILES string of the molecule is CCSC(SCC)=C(C(=O)/C=C/c1ccc(Cl)cc1)c1ccc(Cl)cc1. The molecule has 2 aromatic carbocycles. The Labute approximate surface area is 173 Å². The van der Waals surface area contributed by atoms with Gasteiger partial charge in [-0.2, -0.15) is 0 Å². The fraction of sp³-hybridized carbons (Fsp3) is 0.190. The Hall–Kier alpha value is -1.13. The minimum absolute atomic E-state index is 0.0147. The lowest BCUT2D eigenvalue weighted by atomic mass is 10.0. The molecule has 0 atom stereocenters. The van der Waals surface area contributed by atoms with Gasteiger partial charge in [0.2, 0.25) is 0 Å². The summed E-state index contributed by atoms with van der Waals surface area (Å²) in [5.74, 6) is 1.81.